The quantitative estimate of drug-likeness (QED) is 0.407. The second-order valence-electron chi connectivity index (χ2n) is 8.62. The fourth-order valence-electron chi connectivity index (χ4n) is 4.19. The van der Waals surface area contributed by atoms with Crippen LogP contribution in [0.25, 0.3) is 0 Å². The van der Waals surface area contributed by atoms with E-state index < -0.39 is 22.2 Å². The van der Waals surface area contributed by atoms with Crippen LogP contribution in [0.3, 0.4) is 0 Å². The number of hydrogen-bond acceptors (Lipinski definition) is 6. The molecule has 1 N–H and O–H groups in total. The molecule has 0 saturated heterocycles. The third kappa shape index (κ3) is 5.89. The first-order chi connectivity index (χ1) is 17.6. The number of amides is 1. The minimum atomic E-state index is -4.02. The molecule has 0 radical (unpaired) electrons. The SMILES string of the molecule is CCOC(=O)N[C@H]1Cc2ncc(CC(=O)c3c(Cl)cccc3Cl)cc2N(S(=O)(=O)c2cccc(C)c2)C1. The predicted molar refractivity (Wildman–Crippen MR) is 142 cm³/mol. The highest BCUT2D eigenvalue weighted by Gasteiger charge is 2.35. The van der Waals surface area contributed by atoms with E-state index in [4.69, 9.17) is 27.9 Å². The maximum Gasteiger partial charge on any atom is 0.407 e. The number of ketones is 1. The molecule has 2 heterocycles. The Bertz CT molecular complexity index is 1440. The molecule has 0 bridgehead atoms. The number of aryl methyl sites for hydroxylation is 1. The fourth-order valence-corrected chi connectivity index (χ4v) is 6.44. The van der Waals surface area contributed by atoms with Gasteiger partial charge in [0.2, 0.25) is 0 Å². The van der Waals surface area contributed by atoms with Crippen molar-refractivity contribution in [3.05, 3.63) is 87.2 Å². The second-order valence-corrected chi connectivity index (χ2v) is 11.3. The van der Waals surface area contributed by atoms with Gasteiger partial charge in [-0.3, -0.25) is 14.1 Å². The number of nitrogens with one attached hydrogen (secondary N) is 1. The van der Waals surface area contributed by atoms with Crippen LogP contribution in [0.15, 0.2) is 59.6 Å². The average Bonchev–Trinajstić information content (AvgIpc) is 2.83. The molecular weight excluding hydrogens is 537 g/mol. The summed E-state index contributed by atoms with van der Waals surface area (Å²) in [5, 5.41) is 3.19. The summed E-state index contributed by atoms with van der Waals surface area (Å²) in [6.07, 6.45) is 1.10. The standard InChI is InChI=1S/C26H25Cl2N3O5S/c1-3-36-26(33)30-18-13-22-23(31(15-18)37(34,35)19-7-4-6-16(2)10-19)11-17(14-29-22)12-24(32)25-20(27)8-5-9-21(25)28/h4-11,14,18H,3,12-13,15H2,1-2H3,(H,30,33)/t18-/m0/s1. The minimum absolute atomic E-state index is 0.0302. The number of sulfonamides is 1. The number of hydrogen-bond donors (Lipinski definition) is 1. The molecule has 3 aromatic rings. The Kier molecular flexibility index (Phi) is 8.06. The number of alkyl carbamates (subject to hydrolysis) is 1. The molecule has 1 aliphatic heterocycles. The summed E-state index contributed by atoms with van der Waals surface area (Å²) in [5.41, 5.74) is 2.30. The molecule has 1 amide bonds. The van der Waals surface area contributed by atoms with Crippen LogP contribution in [0.5, 0.6) is 0 Å². The van der Waals surface area contributed by atoms with Crippen molar-refractivity contribution in [2.24, 2.45) is 0 Å². The number of Topliss-reactive ketones (excluding diaryl/α,β-unsaturated/α-hetero) is 1. The lowest BCUT2D eigenvalue weighted by Gasteiger charge is -2.35. The first kappa shape index (κ1) is 26.9. The van der Waals surface area contributed by atoms with Crippen LogP contribution in [0, 0.1) is 6.92 Å². The van der Waals surface area contributed by atoms with Gasteiger partial charge < -0.3 is 10.1 Å². The van der Waals surface area contributed by atoms with Crippen molar-refractivity contribution in [3.63, 3.8) is 0 Å². The molecule has 194 valence electrons. The molecule has 1 aromatic heterocycles. The Hall–Kier alpha value is -3.14. The number of halogens is 2. The lowest BCUT2D eigenvalue weighted by atomic mass is 10.0. The Balaban J connectivity index is 1.72. The van der Waals surface area contributed by atoms with Gasteiger partial charge in [-0.2, -0.15) is 0 Å². The van der Waals surface area contributed by atoms with E-state index in [1.165, 1.54) is 16.6 Å². The lowest BCUT2D eigenvalue weighted by Crippen LogP contribution is -2.50. The first-order valence-corrected chi connectivity index (χ1v) is 13.8. The van der Waals surface area contributed by atoms with Crippen LogP contribution in [-0.2, 0) is 27.6 Å². The number of anilines is 1. The number of aromatic nitrogens is 1. The van der Waals surface area contributed by atoms with Crippen molar-refractivity contribution >= 4 is 50.8 Å². The van der Waals surface area contributed by atoms with Gasteiger partial charge in [0.15, 0.2) is 5.78 Å². The normalized spacial score (nSPS) is 15.1. The van der Waals surface area contributed by atoms with E-state index in [2.05, 4.69) is 10.3 Å². The van der Waals surface area contributed by atoms with Crippen molar-refractivity contribution in [1.82, 2.24) is 10.3 Å². The molecule has 2 aromatic carbocycles. The van der Waals surface area contributed by atoms with Gasteiger partial charge in [-0.25, -0.2) is 13.2 Å². The van der Waals surface area contributed by atoms with Crippen molar-refractivity contribution < 1.29 is 22.7 Å². The van der Waals surface area contributed by atoms with Crippen molar-refractivity contribution in [3.8, 4) is 0 Å². The van der Waals surface area contributed by atoms with Gasteiger partial charge >= 0.3 is 6.09 Å². The third-order valence-corrected chi connectivity index (χ3v) is 8.29. The molecule has 0 saturated carbocycles. The molecule has 8 nitrogen and oxygen atoms in total. The highest BCUT2D eigenvalue weighted by molar-refractivity contribution is 7.92. The van der Waals surface area contributed by atoms with Crippen molar-refractivity contribution in [2.75, 3.05) is 17.5 Å². The van der Waals surface area contributed by atoms with Crippen LogP contribution in [-0.4, -0.2) is 44.5 Å². The molecule has 0 spiro atoms. The minimum Gasteiger partial charge on any atom is -0.450 e. The van der Waals surface area contributed by atoms with E-state index in [1.807, 2.05) is 0 Å². The molecule has 4 rings (SSSR count). The number of carbonyl (C=O) groups excluding carboxylic acids is 2. The van der Waals surface area contributed by atoms with Gasteiger partial charge in [0.05, 0.1) is 51.1 Å². The number of nitrogens with zero attached hydrogens (tertiary/aromatic N) is 2. The molecule has 1 atom stereocenters. The fraction of sp³-hybridized carbons (Fsp3) is 0.269. The van der Waals surface area contributed by atoms with Crippen LogP contribution in [0.4, 0.5) is 10.5 Å². The van der Waals surface area contributed by atoms with E-state index in [9.17, 15) is 18.0 Å². The van der Waals surface area contributed by atoms with Crippen molar-refractivity contribution in [1.29, 1.82) is 0 Å². The summed E-state index contributed by atoms with van der Waals surface area (Å²) in [7, 11) is -4.02. The van der Waals surface area contributed by atoms with E-state index in [0.717, 1.165) is 5.56 Å². The Morgan fingerprint density at radius 1 is 1.14 bits per heavy atom. The molecule has 0 fully saturated rings. The molecule has 11 heteroatoms. The summed E-state index contributed by atoms with van der Waals surface area (Å²) in [5.74, 6) is -0.317. The number of rotatable bonds is 7. The highest BCUT2D eigenvalue weighted by Crippen LogP contribution is 2.33. The zero-order valence-electron chi connectivity index (χ0n) is 20.2. The zero-order valence-corrected chi connectivity index (χ0v) is 22.5. The Morgan fingerprint density at radius 2 is 1.84 bits per heavy atom. The van der Waals surface area contributed by atoms with Crippen LogP contribution in [0.1, 0.15) is 34.1 Å². The smallest absolute Gasteiger partial charge is 0.407 e. The topological polar surface area (TPSA) is 106 Å². The third-order valence-electron chi connectivity index (χ3n) is 5.88. The van der Waals surface area contributed by atoms with E-state index in [1.54, 1.807) is 56.3 Å². The van der Waals surface area contributed by atoms with Gasteiger partial charge in [-0.1, -0.05) is 41.4 Å². The number of benzene rings is 2. The second kappa shape index (κ2) is 11.1. The molecular formula is C26H25Cl2N3O5S. The predicted octanol–water partition coefficient (Wildman–Crippen LogP) is 4.99. The Labute approximate surface area is 225 Å². The summed E-state index contributed by atoms with van der Waals surface area (Å²) in [6, 6.07) is 12.5. The lowest BCUT2D eigenvalue weighted by molar-refractivity contribution is 0.0993. The van der Waals surface area contributed by atoms with Gasteiger partial charge in [0.25, 0.3) is 10.0 Å². The van der Waals surface area contributed by atoms with E-state index >= 15 is 0 Å². The number of carbonyl (C=O) groups is 2. The molecule has 37 heavy (non-hydrogen) atoms. The van der Waals surface area contributed by atoms with Crippen LogP contribution >= 0.6 is 23.2 Å². The largest absolute Gasteiger partial charge is 0.450 e. The van der Waals surface area contributed by atoms with E-state index in [-0.39, 0.29) is 45.9 Å². The van der Waals surface area contributed by atoms with Gasteiger partial charge in [0.1, 0.15) is 0 Å². The Morgan fingerprint density at radius 3 is 2.51 bits per heavy atom. The number of pyridine rings is 1. The summed E-state index contributed by atoms with van der Waals surface area (Å²) in [6.45, 7) is 3.65. The van der Waals surface area contributed by atoms with Crippen LogP contribution in [0.2, 0.25) is 10.0 Å². The van der Waals surface area contributed by atoms with Gasteiger partial charge in [0, 0.05) is 19.0 Å². The molecule has 1 aliphatic rings. The van der Waals surface area contributed by atoms with Crippen LogP contribution < -0.4 is 9.62 Å². The number of fused-ring (bicyclic) bond motifs is 1. The molecule has 0 aliphatic carbocycles. The van der Waals surface area contributed by atoms with Gasteiger partial charge in [-0.05, 0) is 55.3 Å². The summed E-state index contributed by atoms with van der Waals surface area (Å²) in [4.78, 5) is 29.7. The summed E-state index contributed by atoms with van der Waals surface area (Å²) >= 11 is 12.4. The maximum absolute atomic E-state index is 13.8. The highest BCUT2D eigenvalue weighted by atomic mass is 35.5. The maximum atomic E-state index is 13.8. The van der Waals surface area contributed by atoms with Crippen molar-refractivity contribution in [2.45, 2.75) is 37.6 Å². The van der Waals surface area contributed by atoms with E-state index in [0.29, 0.717) is 23.4 Å². The zero-order chi connectivity index (χ0) is 26.7. The van der Waals surface area contributed by atoms with Gasteiger partial charge in [-0.15, -0.1) is 0 Å². The first-order valence-electron chi connectivity index (χ1n) is 11.6. The average molecular weight is 562 g/mol. The number of ether oxygens (including phenoxy) is 1. The monoisotopic (exact) mass is 561 g/mol. The summed E-state index contributed by atoms with van der Waals surface area (Å²) < 4.78 is 33.7. The molecule has 0 unspecified atom stereocenters.